The molecule has 0 fully saturated rings. The number of pyridine rings is 1. The van der Waals surface area contributed by atoms with Gasteiger partial charge in [-0.3, -0.25) is 4.98 Å². The van der Waals surface area contributed by atoms with E-state index in [0.29, 0.717) is 6.61 Å². The maximum absolute atomic E-state index is 13.5. The number of aryl methyl sites for hydroxylation is 1. The third-order valence-electron chi connectivity index (χ3n) is 2.95. The normalized spacial score (nSPS) is 10.3. The van der Waals surface area contributed by atoms with Crippen LogP contribution in [0.3, 0.4) is 0 Å². The first-order valence-corrected chi connectivity index (χ1v) is 6.42. The molecule has 0 bridgehead atoms. The molecule has 0 radical (unpaired) electrons. The second-order valence-corrected chi connectivity index (χ2v) is 4.48. The van der Waals surface area contributed by atoms with Crippen LogP contribution in [-0.2, 0) is 6.42 Å². The highest BCUT2D eigenvalue weighted by molar-refractivity contribution is 5.89. The number of ether oxygens (including phenoxy) is 1. The van der Waals surface area contributed by atoms with Gasteiger partial charge in [-0.15, -0.1) is 0 Å². The monoisotopic (exact) mass is 290 g/mol. The fourth-order valence-electron chi connectivity index (χ4n) is 1.87. The third-order valence-corrected chi connectivity index (χ3v) is 2.95. The highest BCUT2D eigenvalue weighted by Crippen LogP contribution is 2.25. The van der Waals surface area contributed by atoms with E-state index in [1.807, 2.05) is 12.1 Å². The van der Waals surface area contributed by atoms with Gasteiger partial charge in [-0.05, 0) is 36.6 Å². The molecule has 0 atom stereocenters. The predicted molar refractivity (Wildman–Crippen MR) is 75.8 cm³/mol. The Kier molecular flexibility index (Phi) is 4.71. The average Bonchev–Trinajstić information content (AvgIpc) is 2.47. The van der Waals surface area contributed by atoms with E-state index in [9.17, 15) is 9.18 Å². The molecule has 0 aliphatic heterocycles. The number of halogens is 1. The predicted octanol–water partition coefficient (Wildman–Crippen LogP) is 2.51. The summed E-state index contributed by atoms with van der Waals surface area (Å²) in [5.41, 5.74) is 6.44. The molecule has 0 saturated carbocycles. The van der Waals surface area contributed by atoms with Crippen LogP contribution in [0.25, 0.3) is 0 Å². The van der Waals surface area contributed by atoms with Crippen molar-refractivity contribution in [3.63, 3.8) is 0 Å². The highest BCUT2D eigenvalue weighted by Gasteiger charge is 2.14. The van der Waals surface area contributed by atoms with Crippen LogP contribution in [0.1, 0.15) is 22.3 Å². The number of hydrogen-bond acceptors (Lipinski definition) is 4. The summed E-state index contributed by atoms with van der Waals surface area (Å²) >= 11 is 0. The summed E-state index contributed by atoms with van der Waals surface area (Å²) in [6, 6.07) is 5.90. The second kappa shape index (κ2) is 6.69. The fraction of sp³-hybridized carbons (Fsp3) is 0.200. The molecule has 0 amide bonds. The topological polar surface area (TPSA) is 85.4 Å². The van der Waals surface area contributed by atoms with Crippen molar-refractivity contribution in [2.45, 2.75) is 12.8 Å². The smallest absolute Gasteiger partial charge is 0.338 e. The van der Waals surface area contributed by atoms with Crippen molar-refractivity contribution in [3.8, 4) is 5.75 Å². The molecule has 6 heteroatoms. The quantitative estimate of drug-likeness (QED) is 0.630. The number of hydrogen-bond donors (Lipinski definition) is 2. The zero-order valence-electron chi connectivity index (χ0n) is 11.3. The number of aromatic nitrogens is 1. The molecule has 2 rings (SSSR count). The van der Waals surface area contributed by atoms with E-state index in [2.05, 4.69) is 4.98 Å². The maximum Gasteiger partial charge on any atom is 0.338 e. The van der Waals surface area contributed by atoms with Gasteiger partial charge in [0.05, 0.1) is 17.9 Å². The first-order chi connectivity index (χ1) is 10.1. The lowest BCUT2D eigenvalue weighted by Crippen LogP contribution is -2.06. The van der Waals surface area contributed by atoms with E-state index in [1.54, 1.807) is 12.4 Å². The highest BCUT2D eigenvalue weighted by atomic mass is 19.1. The molecule has 3 N–H and O–H groups in total. The van der Waals surface area contributed by atoms with Crippen molar-refractivity contribution >= 4 is 11.7 Å². The molecule has 110 valence electrons. The number of aromatic carboxylic acids is 1. The number of carboxylic acids is 1. The Bertz CT molecular complexity index is 632. The Morgan fingerprint density at radius 1 is 1.33 bits per heavy atom. The Labute approximate surface area is 121 Å². The summed E-state index contributed by atoms with van der Waals surface area (Å²) in [6.45, 7) is 0.360. The van der Waals surface area contributed by atoms with Crippen LogP contribution in [0, 0.1) is 5.82 Å². The SMILES string of the molecule is Nc1cc(C(=O)O)c(F)cc1OCCCc1ccncc1. The van der Waals surface area contributed by atoms with Gasteiger partial charge in [0.2, 0.25) is 0 Å². The molecule has 0 aliphatic rings. The number of nitrogens with zero attached hydrogens (tertiary/aromatic N) is 1. The van der Waals surface area contributed by atoms with Crippen LogP contribution in [0.5, 0.6) is 5.75 Å². The van der Waals surface area contributed by atoms with E-state index >= 15 is 0 Å². The van der Waals surface area contributed by atoms with E-state index < -0.39 is 17.3 Å². The standard InChI is InChI=1S/C15H15FN2O3/c16-12-9-14(13(17)8-11(12)15(19)20)21-7-1-2-10-3-5-18-6-4-10/h3-6,8-9H,1-2,7,17H2,(H,19,20). The van der Waals surface area contributed by atoms with Crippen LogP contribution in [0.4, 0.5) is 10.1 Å². The largest absolute Gasteiger partial charge is 0.491 e. The van der Waals surface area contributed by atoms with Crippen molar-refractivity contribution in [1.82, 2.24) is 4.98 Å². The van der Waals surface area contributed by atoms with E-state index in [4.69, 9.17) is 15.6 Å². The number of benzene rings is 1. The van der Waals surface area contributed by atoms with Crippen LogP contribution < -0.4 is 10.5 Å². The second-order valence-electron chi connectivity index (χ2n) is 4.48. The number of nitrogens with two attached hydrogens (primary N) is 1. The zero-order chi connectivity index (χ0) is 15.2. The molecular formula is C15H15FN2O3. The Morgan fingerprint density at radius 3 is 2.71 bits per heavy atom. The number of anilines is 1. The van der Waals surface area contributed by atoms with Gasteiger partial charge in [0.15, 0.2) is 0 Å². The summed E-state index contributed by atoms with van der Waals surface area (Å²) in [5.74, 6) is -2.06. The van der Waals surface area contributed by atoms with Crippen molar-refractivity contribution in [1.29, 1.82) is 0 Å². The molecule has 2 aromatic rings. The minimum absolute atomic E-state index is 0.109. The first kappa shape index (κ1) is 14.8. The molecule has 1 aromatic heterocycles. The first-order valence-electron chi connectivity index (χ1n) is 6.42. The molecule has 1 heterocycles. The molecule has 0 aliphatic carbocycles. The molecular weight excluding hydrogens is 275 g/mol. The van der Waals surface area contributed by atoms with Crippen molar-refractivity contribution < 1.29 is 19.0 Å². The lowest BCUT2D eigenvalue weighted by molar-refractivity contribution is 0.0692. The number of rotatable bonds is 6. The van der Waals surface area contributed by atoms with Gasteiger partial charge in [-0.1, -0.05) is 0 Å². The van der Waals surface area contributed by atoms with Gasteiger partial charge in [0, 0.05) is 18.5 Å². The minimum Gasteiger partial charge on any atom is -0.491 e. The molecule has 1 aromatic carbocycles. The molecule has 21 heavy (non-hydrogen) atoms. The van der Waals surface area contributed by atoms with E-state index in [0.717, 1.165) is 30.5 Å². The molecule has 0 spiro atoms. The van der Waals surface area contributed by atoms with Gasteiger partial charge in [-0.25, -0.2) is 9.18 Å². The van der Waals surface area contributed by atoms with Gasteiger partial charge in [-0.2, -0.15) is 0 Å². The van der Waals surface area contributed by atoms with Crippen LogP contribution in [-0.4, -0.2) is 22.7 Å². The Balaban J connectivity index is 1.92. The van der Waals surface area contributed by atoms with Crippen molar-refractivity contribution in [3.05, 3.63) is 53.6 Å². The van der Waals surface area contributed by atoms with Gasteiger partial charge >= 0.3 is 5.97 Å². The van der Waals surface area contributed by atoms with Crippen molar-refractivity contribution in [2.24, 2.45) is 0 Å². The molecule has 0 unspecified atom stereocenters. The zero-order valence-corrected chi connectivity index (χ0v) is 11.3. The molecule has 5 nitrogen and oxygen atoms in total. The summed E-state index contributed by atoms with van der Waals surface area (Å²) in [7, 11) is 0. The maximum atomic E-state index is 13.5. The van der Waals surface area contributed by atoms with E-state index in [-0.39, 0.29) is 11.4 Å². The average molecular weight is 290 g/mol. The Hall–Kier alpha value is -2.63. The molecule has 0 saturated heterocycles. The summed E-state index contributed by atoms with van der Waals surface area (Å²) in [6.07, 6.45) is 4.96. The number of nitrogen functional groups attached to an aromatic ring is 1. The lowest BCUT2D eigenvalue weighted by Gasteiger charge is -2.10. The fourth-order valence-corrected chi connectivity index (χ4v) is 1.87. The number of carboxylic acid groups (broad SMARTS) is 1. The third kappa shape index (κ3) is 3.92. The number of carbonyl (C=O) groups is 1. The summed E-state index contributed by atoms with van der Waals surface area (Å²) in [5, 5.41) is 8.78. The summed E-state index contributed by atoms with van der Waals surface area (Å²) in [4.78, 5) is 14.7. The minimum atomic E-state index is -1.36. The van der Waals surface area contributed by atoms with Gasteiger partial charge in [0.25, 0.3) is 0 Å². The lowest BCUT2D eigenvalue weighted by atomic mass is 10.1. The Morgan fingerprint density at radius 2 is 2.05 bits per heavy atom. The summed E-state index contributed by atoms with van der Waals surface area (Å²) < 4.78 is 18.9. The van der Waals surface area contributed by atoms with Gasteiger partial charge < -0.3 is 15.6 Å². The van der Waals surface area contributed by atoms with Crippen LogP contribution >= 0.6 is 0 Å². The van der Waals surface area contributed by atoms with Crippen molar-refractivity contribution in [2.75, 3.05) is 12.3 Å². The van der Waals surface area contributed by atoms with Gasteiger partial charge in [0.1, 0.15) is 11.6 Å². The van der Waals surface area contributed by atoms with E-state index in [1.165, 1.54) is 0 Å². The van der Waals surface area contributed by atoms with Crippen LogP contribution in [0.15, 0.2) is 36.7 Å². The van der Waals surface area contributed by atoms with Crippen LogP contribution in [0.2, 0.25) is 0 Å².